The third-order valence-electron chi connectivity index (χ3n) is 3.21. The fourth-order valence-electron chi connectivity index (χ4n) is 2.51. The van der Waals surface area contributed by atoms with Crippen molar-refractivity contribution >= 4 is 11.6 Å². The van der Waals surface area contributed by atoms with E-state index in [-0.39, 0.29) is 0 Å². The van der Waals surface area contributed by atoms with Crippen LogP contribution in [-0.2, 0) is 12.8 Å². The van der Waals surface area contributed by atoms with Crippen molar-refractivity contribution in [2.75, 3.05) is 6.54 Å². The first kappa shape index (κ1) is 11.9. The minimum Gasteiger partial charge on any atom is -0.328 e. The van der Waals surface area contributed by atoms with Crippen LogP contribution in [0.1, 0.15) is 44.2 Å². The molecule has 1 aromatic heterocycles. The Hall–Kier alpha value is -0.540. The Kier molecular flexibility index (Phi) is 3.55. The summed E-state index contributed by atoms with van der Waals surface area (Å²) in [5, 5.41) is 0.689. The Morgan fingerprint density at radius 1 is 1.56 bits per heavy atom. The number of halogens is 1. The van der Waals surface area contributed by atoms with Gasteiger partial charge < -0.3 is 10.3 Å². The molecule has 1 atom stereocenters. The van der Waals surface area contributed by atoms with Crippen LogP contribution in [0.15, 0.2) is 0 Å². The molecule has 2 N–H and O–H groups in total. The largest absolute Gasteiger partial charge is 0.328 e. The van der Waals surface area contributed by atoms with Crippen LogP contribution in [0, 0.1) is 5.92 Å². The maximum atomic E-state index is 6.20. The lowest BCUT2D eigenvalue weighted by molar-refractivity contribution is 0.391. The maximum Gasteiger partial charge on any atom is 0.150 e. The van der Waals surface area contributed by atoms with Crippen LogP contribution in [-0.4, -0.2) is 16.1 Å². The summed E-state index contributed by atoms with van der Waals surface area (Å²) in [6, 6.07) is 0.400. The zero-order valence-corrected chi connectivity index (χ0v) is 10.8. The van der Waals surface area contributed by atoms with Gasteiger partial charge >= 0.3 is 0 Å². The third kappa shape index (κ3) is 2.11. The Balaban J connectivity index is 2.39. The van der Waals surface area contributed by atoms with E-state index >= 15 is 0 Å². The van der Waals surface area contributed by atoms with Gasteiger partial charge in [0.1, 0.15) is 5.82 Å². The van der Waals surface area contributed by atoms with Crippen LogP contribution < -0.4 is 5.73 Å². The molecule has 90 valence electrons. The summed E-state index contributed by atoms with van der Waals surface area (Å²) >= 11 is 6.20. The molecular weight excluding hydrogens is 222 g/mol. The zero-order valence-electron chi connectivity index (χ0n) is 10.0. The minimum atomic E-state index is 0.400. The number of aromatic nitrogens is 2. The Labute approximate surface area is 102 Å². The summed E-state index contributed by atoms with van der Waals surface area (Å²) in [5.74, 6) is 1.72. The summed E-state index contributed by atoms with van der Waals surface area (Å²) in [6.07, 6.45) is 4.35. The van der Waals surface area contributed by atoms with E-state index in [2.05, 4.69) is 23.4 Å². The first-order valence-electron chi connectivity index (χ1n) is 6.09. The molecule has 0 fully saturated rings. The molecule has 0 radical (unpaired) electrons. The fraction of sp³-hybridized carbons (Fsp3) is 0.750. The molecule has 0 saturated heterocycles. The van der Waals surface area contributed by atoms with Crippen molar-refractivity contribution in [1.29, 1.82) is 0 Å². The van der Waals surface area contributed by atoms with Crippen LogP contribution in [0.4, 0.5) is 0 Å². The first-order valence-corrected chi connectivity index (χ1v) is 6.46. The molecule has 1 aliphatic heterocycles. The Bertz CT molecular complexity index is 371. The van der Waals surface area contributed by atoms with E-state index in [1.807, 2.05) is 0 Å². The van der Waals surface area contributed by atoms with Crippen molar-refractivity contribution in [1.82, 2.24) is 9.55 Å². The topological polar surface area (TPSA) is 43.8 Å². The van der Waals surface area contributed by atoms with E-state index in [0.29, 0.717) is 23.7 Å². The van der Waals surface area contributed by atoms with Gasteiger partial charge in [-0.2, -0.15) is 0 Å². The van der Waals surface area contributed by atoms with Gasteiger partial charge in [-0.1, -0.05) is 25.4 Å². The second kappa shape index (κ2) is 4.76. The van der Waals surface area contributed by atoms with E-state index in [1.54, 1.807) is 0 Å². The lowest BCUT2D eigenvalue weighted by Crippen LogP contribution is -2.26. The average molecular weight is 242 g/mol. The number of hydrogen-bond donors (Lipinski definition) is 1. The predicted octanol–water partition coefficient (Wildman–Crippen LogP) is 2.57. The molecule has 2 heterocycles. The maximum absolute atomic E-state index is 6.20. The van der Waals surface area contributed by atoms with E-state index < -0.39 is 0 Å². The number of fused-ring (bicyclic) bond motifs is 1. The molecule has 0 spiro atoms. The van der Waals surface area contributed by atoms with Gasteiger partial charge in [-0.3, -0.25) is 0 Å². The SMILES string of the molecule is CC(C)Cc1nc(Cl)c2n1C(CN)CCC2. The second-order valence-corrected chi connectivity index (χ2v) is 5.37. The highest BCUT2D eigenvalue weighted by Gasteiger charge is 2.25. The number of nitrogens with two attached hydrogens (primary N) is 1. The molecule has 2 rings (SSSR count). The number of hydrogen-bond acceptors (Lipinski definition) is 2. The van der Waals surface area contributed by atoms with E-state index in [4.69, 9.17) is 17.3 Å². The highest BCUT2D eigenvalue weighted by Crippen LogP contribution is 2.31. The number of rotatable bonds is 3. The van der Waals surface area contributed by atoms with Crippen molar-refractivity contribution < 1.29 is 0 Å². The van der Waals surface area contributed by atoms with Crippen LogP contribution >= 0.6 is 11.6 Å². The molecule has 0 aliphatic carbocycles. The lowest BCUT2D eigenvalue weighted by atomic mass is 10.0. The third-order valence-corrected chi connectivity index (χ3v) is 3.52. The number of nitrogens with zero attached hydrogens (tertiary/aromatic N) is 2. The molecule has 1 aliphatic rings. The average Bonchev–Trinajstić information content (AvgIpc) is 2.55. The summed E-state index contributed by atoms with van der Waals surface area (Å²) < 4.78 is 2.30. The quantitative estimate of drug-likeness (QED) is 0.884. The molecule has 4 heteroatoms. The molecule has 0 amide bonds. The van der Waals surface area contributed by atoms with E-state index in [0.717, 1.165) is 25.1 Å². The van der Waals surface area contributed by atoms with E-state index in [9.17, 15) is 0 Å². The molecule has 0 saturated carbocycles. The summed E-state index contributed by atoms with van der Waals surface area (Å²) in [7, 11) is 0. The molecule has 1 aromatic rings. The van der Waals surface area contributed by atoms with Crippen LogP contribution in [0.2, 0.25) is 5.15 Å². The smallest absolute Gasteiger partial charge is 0.150 e. The lowest BCUT2D eigenvalue weighted by Gasteiger charge is -2.26. The molecule has 3 nitrogen and oxygen atoms in total. The van der Waals surface area contributed by atoms with Gasteiger partial charge in [0, 0.05) is 19.0 Å². The van der Waals surface area contributed by atoms with Gasteiger partial charge in [-0.05, 0) is 25.2 Å². The highest BCUT2D eigenvalue weighted by molar-refractivity contribution is 6.30. The van der Waals surface area contributed by atoms with Gasteiger partial charge in [0.15, 0.2) is 5.15 Å². The van der Waals surface area contributed by atoms with Gasteiger partial charge in [0.2, 0.25) is 0 Å². The molecule has 0 bridgehead atoms. The van der Waals surface area contributed by atoms with Crippen molar-refractivity contribution in [3.05, 3.63) is 16.7 Å². The van der Waals surface area contributed by atoms with Crippen LogP contribution in [0.5, 0.6) is 0 Å². The molecular formula is C12H20ClN3. The van der Waals surface area contributed by atoms with Gasteiger partial charge in [-0.15, -0.1) is 0 Å². The predicted molar refractivity (Wildman–Crippen MR) is 66.8 cm³/mol. The van der Waals surface area contributed by atoms with Gasteiger partial charge in [0.25, 0.3) is 0 Å². The van der Waals surface area contributed by atoms with Crippen LogP contribution in [0.3, 0.4) is 0 Å². The van der Waals surface area contributed by atoms with Gasteiger partial charge in [-0.25, -0.2) is 4.98 Å². The fourth-order valence-corrected chi connectivity index (χ4v) is 2.79. The zero-order chi connectivity index (χ0) is 11.7. The van der Waals surface area contributed by atoms with Crippen LogP contribution in [0.25, 0.3) is 0 Å². The summed E-state index contributed by atoms with van der Waals surface area (Å²) in [5.41, 5.74) is 7.03. The second-order valence-electron chi connectivity index (χ2n) is 5.02. The monoisotopic (exact) mass is 241 g/mol. The first-order chi connectivity index (χ1) is 7.63. The minimum absolute atomic E-state index is 0.400. The summed E-state index contributed by atoms with van der Waals surface area (Å²) in [4.78, 5) is 4.50. The standard InChI is InChI=1S/C12H20ClN3/c1-8(2)6-11-15-12(13)10-5-3-4-9(7-14)16(10)11/h8-9H,3-7,14H2,1-2H3. The highest BCUT2D eigenvalue weighted by atomic mass is 35.5. The van der Waals surface area contributed by atoms with Crippen molar-refractivity contribution in [3.8, 4) is 0 Å². The van der Waals surface area contributed by atoms with E-state index in [1.165, 1.54) is 12.1 Å². The van der Waals surface area contributed by atoms with Crippen molar-refractivity contribution in [3.63, 3.8) is 0 Å². The Morgan fingerprint density at radius 2 is 2.31 bits per heavy atom. The normalized spacial score (nSPS) is 20.2. The van der Waals surface area contributed by atoms with Gasteiger partial charge in [0.05, 0.1) is 5.69 Å². The molecule has 16 heavy (non-hydrogen) atoms. The van der Waals surface area contributed by atoms with Crippen molar-refractivity contribution in [2.24, 2.45) is 11.7 Å². The van der Waals surface area contributed by atoms with Crippen molar-refractivity contribution in [2.45, 2.75) is 45.6 Å². The number of imidazole rings is 1. The molecule has 0 aromatic carbocycles. The molecule has 1 unspecified atom stereocenters. The Morgan fingerprint density at radius 3 is 2.94 bits per heavy atom. The summed E-state index contributed by atoms with van der Waals surface area (Å²) in [6.45, 7) is 5.09.